The van der Waals surface area contributed by atoms with Crippen molar-refractivity contribution in [3.05, 3.63) is 34.4 Å². The highest BCUT2D eigenvalue weighted by Gasteiger charge is 2.03. The molecule has 0 bridgehead atoms. The van der Waals surface area contributed by atoms with Crippen LogP contribution in [-0.4, -0.2) is 4.57 Å². The molecule has 1 aromatic heterocycles. The van der Waals surface area contributed by atoms with Crippen molar-refractivity contribution in [2.75, 3.05) is 0 Å². The van der Waals surface area contributed by atoms with Crippen LogP contribution in [0.3, 0.4) is 0 Å². The van der Waals surface area contributed by atoms with Crippen LogP contribution in [-0.2, 0) is 13.6 Å². The molecule has 0 unspecified atom stereocenters. The van der Waals surface area contributed by atoms with Gasteiger partial charge in [-0.1, -0.05) is 15.9 Å². The molecule has 0 fully saturated rings. The number of rotatable bonds is 1. The first-order chi connectivity index (χ1) is 6.22. The second-order valence-corrected chi connectivity index (χ2v) is 4.04. The Labute approximate surface area is 85.5 Å². The van der Waals surface area contributed by atoms with E-state index in [1.165, 1.54) is 16.5 Å². The number of hydrogen-bond donors (Lipinski definition) is 1. The van der Waals surface area contributed by atoms with E-state index in [-0.39, 0.29) is 0 Å². The van der Waals surface area contributed by atoms with Gasteiger partial charge in [-0.2, -0.15) is 0 Å². The zero-order chi connectivity index (χ0) is 9.42. The predicted molar refractivity (Wildman–Crippen MR) is 58.5 cm³/mol. The Morgan fingerprint density at radius 3 is 2.92 bits per heavy atom. The van der Waals surface area contributed by atoms with Crippen LogP contribution >= 0.6 is 15.9 Å². The topological polar surface area (TPSA) is 30.9 Å². The van der Waals surface area contributed by atoms with Gasteiger partial charge < -0.3 is 10.3 Å². The molecule has 13 heavy (non-hydrogen) atoms. The number of nitrogens with zero attached hydrogens (tertiary/aromatic N) is 1. The van der Waals surface area contributed by atoms with E-state index in [9.17, 15) is 0 Å². The summed E-state index contributed by atoms with van der Waals surface area (Å²) in [5.74, 6) is 0. The van der Waals surface area contributed by atoms with E-state index in [1.807, 2.05) is 7.05 Å². The maximum absolute atomic E-state index is 5.66. The van der Waals surface area contributed by atoms with Gasteiger partial charge in [-0.15, -0.1) is 0 Å². The second-order valence-electron chi connectivity index (χ2n) is 3.13. The highest BCUT2D eigenvalue weighted by molar-refractivity contribution is 9.10. The third-order valence-electron chi connectivity index (χ3n) is 2.27. The summed E-state index contributed by atoms with van der Waals surface area (Å²) in [6, 6.07) is 6.28. The Balaban J connectivity index is 2.84. The summed E-state index contributed by atoms with van der Waals surface area (Å²) in [5, 5.41) is 1.24. The van der Waals surface area contributed by atoms with Crippen LogP contribution in [0.15, 0.2) is 28.9 Å². The van der Waals surface area contributed by atoms with Gasteiger partial charge in [0.05, 0.1) is 0 Å². The van der Waals surface area contributed by atoms with Gasteiger partial charge >= 0.3 is 0 Å². The molecular weight excluding hydrogens is 228 g/mol. The maximum Gasteiger partial charge on any atom is 0.0492 e. The van der Waals surface area contributed by atoms with Gasteiger partial charge in [-0.05, 0) is 23.8 Å². The van der Waals surface area contributed by atoms with Gasteiger partial charge in [0.1, 0.15) is 0 Å². The third-order valence-corrected chi connectivity index (χ3v) is 2.73. The molecule has 0 aliphatic carbocycles. The molecule has 2 rings (SSSR count). The minimum Gasteiger partial charge on any atom is -0.351 e. The van der Waals surface area contributed by atoms with Crippen molar-refractivity contribution in [3.8, 4) is 0 Å². The van der Waals surface area contributed by atoms with Gasteiger partial charge in [0.2, 0.25) is 0 Å². The lowest BCUT2D eigenvalue weighted by atomic mass is 10.1. The van der Waals surface area contributed by atoms with E-state index in [2.05, 4.69) is 44.9 Å². The molecule has 2 aromatic rings. The number of hydrogen-bond acceptors (Lipinski definition) is 1. The van der Waals surface area contributed by atoms with E-state index in [0.717, 1.165) is 4.47 Å². The Bertz CT molecular complexity index is 445. The van der Waals surface area contributed by atoms with Crippen LogP contribution in [0, 0.1) is 0 Å². The summed E-state index contributed by atoms with van der Waals surface area (Å²) < 4.78 is 3.18. The number of aryl methyl sites for hydroxylation is 1. The van der Waals surface area contributed by atoms with Crippen molar-refractivity contribution in [2.24, 2.45) is 12.8 Å². The summed E-state index contributed by atoms with van der Waals surface area (Å²) in [6.45, 7) is 0.583. The molecular formula is C10H11BrN2. The van der Waals surface area contributed by atoms with Crippen LogP contribution in [0.2, 0.25) is 0 Å². The Kier molecular flexibility index (Phi) is 2.14. The van der Waals surface area contributed by atoms with Gasteiger partial charge in [0.15, 0.2) is 0 Å². The molecule has 0 radical (unpaired) electrons. The SMILES string of the molecule is Cn1ccc2c(CN)cc(Br)cc21. The molecule has 0 spiro atoms. The minimum atomic E-state index is 0.583. The van der Waals surface area contributed by atoms with E-state index in [0.29, 0.717) is 6.54 Å². The third kappa shape index (κ3) is 1.38. The van der Waals surface area contributed by atoms with E-state index in [4.69, 9.17) is 5.73 Å². The molecule has 3 heteroatoms. The number of halogens is 1. The first kappa shape index (κ1) is 8.78. The van der Waals surface area contributed by atoms with Gasteiger partial charge in [0, 0.05) is 35.2 Å². The average molecular weight is 239 g/mol. The Morgan fingerprint density at radius 1 is 1.46 bits per heavy atom. The fourth-order valence-corrected chi connectivity index (χ4v) is 2.07. The summed E-state index contributed by atoms with van der Waals surface area (Å²) in [4.78, 5) is 0. The summed E-state index contributed by atoms with van der Waals surface area (Å²) in [6.07, 6.45) is 2.05. The number of fused-ring (bicyclic) bond motifs is 1. The number of aromatic nitrogens is 1. The summed E-state index contributed by atoms with van der Waals surface area (Å²) >= 11 is 3.47. The van der Waals surface area contributed by atoms with Crippen LogP contribution in [0.25, 0.3) is 10.9 Å². The minimum absolute atomic E-state index is 0.583. The molecule has 0 amide bonds. The molecule has 0 saturated carbocycles. The number of benzene rings is 1. The van der Waals surface area contributed by atoms with Crippen LogP contribution < -0.4 is 5.73 Å². The van der Waals surface area contributed by atoms with Crippen LogP contribution in [0.1, 0.15) is 5.56 Å². The molecule has 0 saturated heterocycles. The van der Waals surface area contributed by atoms with Crippen LogP contribution in [0.4, 0.5) is 0 Å². The quantitative estimate of drug-likeness (QED) is 0.813. The molecule has 0 aliphatic heterocycles. The highest BCUT2D eigenvalue weighted by atomic mass is 79.9. The highest BCUT2D eigenvalue weighted by Crippen LogP contribution is 2.24. The fraction of sp³-hybridized carbons (Fsp3) is 0.200. The maximum atomic E-state index is 5.66. The van der Waals surface area contributed by atoms with E-state index in [1.54, 1.807) is 0 Å². The molecule has 2 nitrogen and oxygen atoms in total. The lowest BCUT2D eigenvalue weighted by Crippen LogP contribution is -1.97. The van der Waals surface area contributed by atoms with Gasteiger partial charge in [-0.25, -0.2) is 0 Å². The molecule has 0 atom stereocenters. The molecule has 1 aromatic carbocycles. The van der Waals surface area contributed by atoms with Gasteiger partial charge in [-0.3, -0.25) is 0 Å². The lowest BCUT2D eigenvalue weighted by Gasteiger charge is -2.02. The molecule has 1 heterocycles. The normalized spacial score (nSPS) is 11.0. The number of nitrogens with two attached hydrogens (primary N) is 1. The van der Waals surface area contributed by atoms with Crippen molar-refractivity contribution in [3.63, 3.8) is 0 Å². The van der Waals surface area contributed by atoms with Crippen molar-refractivity contribution in [1.82, 2.24) is 4.57 Å². The van der Waals surface area contributed by atoms with Crippen molar-refractivity contribution in [1.29, 1.82) is 0 Å². The predicted octanol–water partition coefficient (Wildman–Crippen LogP) is 2.40. The van der Waals surface area contributed by atoms with E-state index >= 15 is 0 Å². The van der Waals surface area contributed by atoms with Crippen molar-refractivity contribution < 1.29 is 0 Å². The van der Waals surface area contributed by atoms with Gasteiger partial charge in [0.25, 0.3) is 0 Å². The molecule has 0 aliphatic rings. The van der Waals surface area contributed by atoms with Crippen molar-refractivity contribution in [2.45, 2.75) is 6.54 Å². The van der Waals surface area contributed by atoms with Crippen LogP contribution in [0.5, 0.6) is 0 Å². The Morgan fingerprint density at radius 2 is 2.23 bits per heavy atom. The standard InChI is InChI=1S/C10H11BrN2/c1-13-3-2-9-7(6-12)4-8(11)5-10(9)13/h2-5H,6,12H2,1H3. The molecule has 68 valence electrons. The largest absolute Gasteiger partial charge is 0.351 e. The monoisotopic (exact) mass is 238 g/mol. The molecule has 2 N–H and O–H groups in total. The van der Waals surface area contributed by atoms with E-state index < -0.39 is 0 Å². The zero-order valence-corrected chi connectivity index (χ0v) is 9.01. The Hall–Kier alpha value is -0.800. The first-order valence-corrected chi connectivity index (χ1v) is 4.95. The lowest BCUT2D eigenvalue weighted by molar-refractivity contribution is 0.968. The summed E-state index contributed by atoms with van der Waals surface area (Å²) in [5.41, 5.74) is 8.07. The summed E-state index contributed by atoms with van der Waals surface area (Å²) in [7, 11) is 2.04. The smallest absolute Gasteiger partial charge is 0.0492 e. The first-order valence-electron chi connectivity index (χ1n) is 4.16. The fourth-order valence-electron chi connectivity index (χ4n) is 1.58. The average Bonchev–Trinajstić information content (AvgIpc) is 2.47. The van der Waals surface area contributed by atoms with Crippen molar-refractivity contribution >= 4 is 26.8 Å². The zero-order valence-electron chi connectivity index (χ0n) is 7.42. The second kappa shape index (κ2) is 3.16.